The molecule has 82 valence electrons. The zero-order valence-corrected chi connectivity index (χ0v) is 10.0. The molecular formula is C11H13BrO3. The molecule has 1 rings (SSSR count). The van der Waals surface area contributed by atoms with Gasteiger partial charge < -0.3 is 9.84 Å². The Morgan fingerprint density at radius 3 is 2.53 bits per heavy atom. The van der Waals surface area contributed by atoms with Gasteiger partial charge in [0.1, 0.15) is 0 Å². The molecule has 0 unspecified atom stereocenters. The second kappa shape index (κ2) is 5.88. The minimum Gasteiger partial charge on any atom is -0.479 e. The van der Waals surface area contributed by atoms with Crippen LogP contribution in [0, 0.1) is 0 Å². The van der Waals surface area contributed by atoms with E-state index in [-0.39, 0.29) is 0 Å². The van der Waals surface area contributed by atoms with Crippen LogP contribution in [0.1, 0.15) is 12.5 Å². The van der Waals surface area contributed by atoms with Crippen LogP contribution in [0.25, 0.3) is 0 Å². The predicted molar refractivity (Wildman–Crippen MR) is 60.9 cm³/mol. The quantitative estimate of drug-likeness (QED) is 0.896. The molecule has 0 radical (unpaired) electrons. The summed E-state index contributed by atoms with van der Waals surface area (Å²) in [6.45, 7) is 2.20. The van der Waals surface area contributed by atoms with Crippen molar-refractivity contribution in [3.8, 4) is 0 Å². The molecule has 0 aromatic heterocycles. The van der Waals surface area contributed by atoms with Gasteiger partial charge in [0.2, 0.25) is 0 Å². The van der Waals surface area contributed by atoms with Crippen LogP contribution in [-0.2, 0) is 16.0 Å². The van der Waals surface area contributed by atoms with E-state index in [1.807, 2.05) is 24.3 Å². The predicted octanol–water partition coefficient (Wildman–Crippen LogP) is 2.48. The van der Waals surface area contributed by atoms with Gasteiger partial charge in [-0.3, -0.25) is 0 Å². The van der Waals surface area contributed by atoms with Crippen LogP contribution in [0.2, 0.25) is 0 Å². The largest absolute Gasteiger partial charge is 0.479 e. The average molecular weight is 273 g/mol. The van der Waals surface area contributed by atoms with Crippen molar-refractivity contribution in [2.75, 3.05) is 6.61 Å². The molecule has 0 spiro atoms. The topological polar surface area (TPSA) is 46.5 Å². The summed E-state index contributed by atoms with van der Waals surface area (Å²) in [6.07, 6.45) is -0.354. The van der Waals surface area contributed by atoms with E-state index in [4.69, 9.17) is 9.84 Å². The molecule has 0 heterocycles. The summed E-state index contributed by atoms with van der Waals surface area (Å²) in [6, 6.07) is 7.55. The first-order valence-electron chi connectivity index (χ1n) is 4.72. The van der Waals surface area contributed by atoms with Crippen molar-refractivity contribution in [2.45, 2.75) is 19.4 Å². The molecule has 1 atom stereocenters. The van der Waals surface area contributed by atoms with Crippen molar-refractivity contribution in [1.82, 2.24) is 0 Å². The summed E-state index contributed by atoms with van der Waals surface area (Å²) in [5.74, 6) is -0.917. The number of rotatable bonds is 5. The second-order valence-electron chi connectivity index (χ2n) is 3.11. The fraction of sp³-hybridized carbons (Fsp3) is 0.364. The minimum atomic E-state index is -0.917. The van der Waals surface area contributed by atoms with Crippen molar-refractivity contribution in [3.05, 3.63) is 34.3 Å². The Bertz CT molecular complexity index is 321. The summed E-state index contributed by atoms with van der Waals surface area (Å²) < 4.78 is 6.11. The third-order valence-corrected chi connectivity index (χ3v) is 2.51. The molecule has 0 fully saturated rings. The third-order valence-electron chi connectivity index (χ3n) is 1.98. The Kier molecular flexibility index (Phi) is 4.78. The minimum absolute atomic E-state index is 0.399. The lowest BCUT2D eigenvalue weighted by Crippen LogP contribution is -2.26. The molecule has 0 saturated heterocycles. The van der Waals surface area contributed by atoms with Crippen molar-refractivity contribution in [1.29, 1.82) is 0 Å². The van der Waals surface area contributed by atoms with Gasteiger partial charge in [-0.15, -0.1) is 0 Å². The van der Waals surface area contributed by atoms with E-state index >= 15 is 0 Å². The summed E-state index contributed by atoms with van der Waals surface area (Å²) in [5, 5.41) is 8.89. The summed E-state index contributed by atoms with van der Waals surface area (Å²) in [4.78, 5) is 10.8. The van der Waals surface area contributed by atoms with Gasteiger partial charge in [-0.1, -0.05) is 28.1 Å². The highest BCUT2D eigenvalue weighted by Crippen LogP contribution is 2.13. The van der Waals surface area contributed by atoms with Crippen LogP contribution in [0.15, 0.2) is 28.7 Å². The smallest absolute Gasteiger partial charge is 0.333 e. The van der Waals surface area contributed by atoms with Crippen LogP contribution in [-0.4, -0.2) is 23.8 Å². The number of aliphatic carboxylic acids is 1. The molecule has 0 aliphatic rings. The Hall–Kier alpha value is -0.870. The Morgan fingerprint density at radius 2 is 2.07 bits per heavy atom. The van der Waals surface area contributed by atoms with Crippen LogP contribution in [0.4, 0.5) is 0 Å². The van der Waals surface area contributed by atoms with E-state index in [1.165, 1.54) is 0 Å². The van der Waals surface area contributed by atoms with Crippen LogP contribution in [0.3, 0.4) is 0 Å². The molecule has 4 heteroatoms. The van der Waals surface area contributed by atoms with E-state index in [2.05, 4.69) is 15.9 Å². The van der Waals surface area contributed by atoms with Gasteiger partial charge >= 0.3 is 5.97 Å². The number of ether oxygens (including phenoxy) is 1. The Morgan fingerprint density at radius 1 is 1.47 bits per heavy atom. The first-order chi connectivity index (χ1) is 7.13. The molecule has 1 aromatic rings. The monoisotopic (exact) mass is 272 g/mol. The van der Waals surface area contributed by atoms with E-state index in [0.29, 0.717) is 13.0 Å². The molecule has 3 nitrogen and oxygen atoms in total. The van der Waals surface area contributed by atoms with Gasteiger partial charge in [-0.25, -0.2) is 4.79 Å². The molecule has 1 aromatic carbocycles. The highest BCUT2D eigenvalue weighted by Gasteiger charge is 2.17. The normalized spacial score (nSPS) is 12.4. The molecule has 1 N–H and O–H groups in total. The fourth-order valence-electron chi connectivity index (χ4n) is 1.25. The number of carboxylic acid groups (broad SMARTS) is 1. The number of benzene rings is 1. The van der Waals surface area contributed by atoms with Gasteiger partial charge in [0.15, 0.2) is 6.10 Å². The number of hydrogen-bond acceptors (Lipinski definition) is 2. The highest BCUT2D eigenvalue weighted by molar-refractivity contribution is 9.10. The third kappa shape index (κ3) is 4.01. The van der Waals surface area contributed by atoms with Crippen molar-refractivity contribution in [3.63, 3.8) is 0 Å². The maximum Gasteiger partial charge on any atom is 0.333 e. The average Bonchev–Trinajstić information content (AvgIpc) is 2.20. The van der Waals surface area contributed by atoms with Gasteiger partial charge in [0, 0.05) is 17.5 Å². The van der Waals surface area contributed by atoms with E-state index in [9.17, 15) is 4.79 Å². The van der Waals surface area contributed by atoms with Crippen molar-refractivity contribution >= 4 is 21.9 Å². The molecule has 15 heavy (non-hydrogen) atoms. The lowest BCUT2D eigenvalue weighted by Gasteiger charge is -2.12. The van der Waals surface area contributed by atoms with Crippen LogP contribution < -0.4 is 0 Å². The molecule has 0 aliphatic carbocycles. The molecule has 0 aliphatic heterocycles. The van der Waals surface area contributed by atoms with Crippen molar-refractivity contribution in [2.24, 2.45) is 0 Å². The number of carbonyl (C=O) groups is 1. The molecule has 0 saturated carbocycles. The Balaban J connectivity index is 2.65. The molecule has 0 bridgehead atoms. The first kappa shape index (κ1) is 12.2. The van der Waals surface area contributed by atoms with Crippen LogP contribution >= 0.6 is 15.9 Å². The maximum absolute atomic E-state index is 10.8. The highest BCUT2D eigenvalue weighted by atomic mass is 79.9. The second-order valence-corrected chi connectivity index (χ2v) is 4.03. The van der Waals surface area contributed by atoms with Crippen molar-refractivity contribution < 1.29 is 14.6 Å². The molecular weight excluding hydrogens is 260 g/mol. The van der Waals surface area contributed by atoms with Gasteiger partial charge in [-0.05, 0) is 24.6 Å². The van der Waals surface area contributed by atoms with Gasteiger partial charge in [0.05, 0.1) is 0 Å². The van der Waals surface area contributed by atoms with E-state index < -0.39 is 12.1 Å². The summed E-state index contributed by atoms with van der Waals surface area (Å²) in [5.41, 5.74) is 0.957. The van der Waals surface area contributed by atoms with Gasteiger partial charge in [0.25, 0.3) is 0 Å². The lowest BCUT2D eigenvalue weighted by atomic mass is 10.1. The summed E-state index contributed by atoms with van der Waals surface area (Å²) in [7, 11) is 0. The number of carboxylic acids is 1. The fourth-order valence-corrected chi connectivity index (χ4v) is 1.52. The van der Waals surface area contributed by atoms with Crippen LogP contribution in [0.5, 0.6) is 0 Å². The molecule has 0 amide bonds. The zero-order chi connectivity index (χ0) is 11.3. The Labute approximate surface area is 97.2 Å². The standard InChI is InChI=1S/C11H13BrO3/c1-2-15-10(11(13)14)7-8-3-5-9(12)6-4-8/h3-6,10H,2,7H2,1H3,(H,13,14)/t10-/m1/s1. The maximum atomic E-state index is 10.8. The summed E-state index contributed by atoms with van der Waals surface area (Å²) >= 11 is 3.32. The van der Waals surface area contributed by atoms with E-state index in [0.717, 1.165) is 10.0 Å². The number of halogens is 1. The SMILES string of the molecule is CCO[C@H](Cc1ccc(Br)cc1)C(=O)O. The van der Waals surface area contributed by atoms with Gasteiger partial charge in [-0.2, -0.15) is 0 Å². The zero-order valence-electron chi connectivity index (χ0n) is 8.44. The first-order valence-corrected chi connectivity index (χ1v) is 5.51. The van der Waals surface area contributed by atoms with E-state index in [1.54, 1.807) is 6.92 Å². The number of hydrogen-bond donors (Lipinski definition) is 1. The lowest BCUT2D eigenvalue weighted by molar-refractivity contribution is -0.149.